The number of unbranched alkanes of at least 4 members (excludes halogenated alkanes) is 2. The number of fused-ring (bicyclic) bond motifs is 2. The highest BCUT2D eigenvalue weighted by molar-refractivity contribution is 7.90. The lowest BCUT2D eigenvalue weighted by atomic mass is 9.85. The fourth-order valence-electron chi connectivity index (χ4n) is 10.8. The van der Waals surface area contributed by atoms with E-state index in [-0.39, 0.29) is 88.1 Å². The van der Waals surface area contributed by atoms with Gasteiger partial charge in [0.25, 0.3) is 17.7 Å². The molecule has 10 rings (SSSR count). The number of sulfonamides is 1. The molecule has 3 aromatic heterocycles. The first-order chi connectivity index (χ1) is 43.9. The summed E-state index contributed by atoms with van der Waals surface area (Å²) in [5.41, 5.74) is 4.54. The van der Waals surface area contributed by atoms with Gasteiger partial charge in [0.15, 0.2) is 27.5 Å². The standard InChI is InChI=1S/C66H74F2N10O10S4/c1-40-56(89-39-70-40)43-22-23-44(36-69-59(81)50-35-45(79)37-78(50)61(83)57(65(2,3)4)73-62(84)66(68)26-27-66)52(34-43)88-30-10-7-11-32-92(85,86)75-60(82)55-54(20-14-31-87-51-24-21-41(33-48(51)67)15-13-28-76(5)6)91-64(72-55)77-29-25-42-16-12-17-46(47(42)38-77)58(80)74-63-71-49-18-8-9-19-53(49)90-63/h8-9,12,16-19,21-24,33-34,39,45,50,57,79H,7,10-11,14,20,25-32,35-38H2,1-6H3,(H,69,81)(H,73,84)(H,75,82)(H,71,74,80)/t45-,50+,57-/m1/s1. The van der Waals surface area contributed by atoms with Crippen LogP contribution in [0, 0.1) is 30.0 Å². The van der Waals surface area contributed by atoms with Crippen LogP contribution in [0.4, 0.5) is 19.0 Å². The van der Waals surface area contributed by atoms with Gasteiger partial charge in [-0.15, -0.1) is 22.7 Å². The van der Waals surface area contributed by atoms with Gasteiger partial charge in [0.1, 0.15) is 23.5 Å². The summed E-state index contributed by atoms with van der Waals surface area (Å²) in [6, 6.07) is 21.0. The number of aliphatic hydroxyl groups excluding tert-OH is 1. The van der Waals surface area contributed by atoms with Gasteiger partial charge in [-0.25, -0.2) is 36.9 Å². The molecule has 4 aromatic carbocycles. The van der Waals surface area contributed by atoms with Gasteiger partial charge < -0.3 is 35.0 Å². The van der Waals surface area contributed by atoms with E-state index >= 15 is 4.39 Å². The normalized spacial score (nSPS) is 16.3. The Labute approximate surface area is 545 Å². The Morgan fingerprint density at radius 1 is 0.924 bits per heavy atom. The van der Waals surface area contributed by atoms with Crippen LogP contribution in [0.15, 0.2) is 84.4 Å². The Bertz CT molecular complexity index is 4040. The number of nitrogens with zero attached hydrogens (tertiary/aromatic N) is 6. The van der Waals surface area contributed by atoms with Crippen molar-refractivity contribution < 1.29 is 55.8 Å². The van der Waals surface area contributed by atoms with Crippen LogP contribution in [-0.4, -0.2) is 144 Å². The summed E-state index contributed by atoms with van der Waals surface area (Å²) in [6.45, 7) is 8.42. The predicted octanol–water partition coefficient (Wildman–Crippen LogP) is 8.98. The summed E-state index contributed by atoms with van der Waals surface area (Å²) in [5.74, 6) is 2.21. The van der Waals surface area contributed by atoms with Crippen LogP contribution in [0.1, 0.15) is 119 Å². The summed E-state index contributed by atoms with van der Waals surface area (Å²) in [4.78, 5) is 89.2. The van der Waals surface area contributed by atoms with Crippen LogP contribution < -0.4 is 35.0 Å². The number of nitrogens with one attached hydrogen (secondary N) is 4. The van der Waals surface area contributed by atoms with Gasteiger partial charge in [-0.05, 0) is 137 Å². The molecule has 1 saturated heterocycles. The number of carbonyl (C=O) groups excluding carboxylic acids is 5. The molecule has 5 N–H and O–H groups in total. The fourth-order valence-corrected chi connectivity index (χ4v) is 14.7. The Kier molecular flexibility index (Phi) is 21.1. The van der Waals surface area contributed by atoms with Crippen LogP contribution in [0.2, 0.25) is 0 Å². The highest BCUT2D eigenvalue weighted by atomic mass is 32.2. The van der Waals surface area contributed by atoms with Crippen molar-refractivity contribution in [3.05, 3.63) is 134 Å². The monoisotopic (exact) mass is 1330 g/mol. The van der Waals surface area contributed by atoms with E-state index in [1.165, 1.54) is 51.0 Å². The third-order valence-electron chi connectivity index (χ3n) is 16.0. The molecule has 0 bridgehead atoms. The highest BCUT2D eigenvalue weighted by Crippen LogP contribution is 2.41. The number of anilines is 2. The minimum atomic E-state index is -4.20. The molecule has 5 heterocycles. The fraction of sp³-hybridized carbons (Fsp3) is 0.424. The van der Waals surface area contributed by atoms with E-state index in [1.807, 2.05) is 85.4 Å². The van der Waals surface area contributed by atoms with Gasteiger partial charge >= 0.3 is 0 Å². The van der Waals surface area contributed by atoms with E-state index in [0.29, 0.717) is 76.4 Å². The zero-order valence-corrected chi connectivity index (χ0v) is 55.3. The molecular formula is C66H74F2N10O10S4. The molecule has 486 valence electrons. The number of aryl methyl sites for hydroxylation is 2. The number of aliphatic hydroxyl groups is 1. The SMILES string of the molecule is Cc1ncsc1-c1ccc(CNC(=O)[C@@H]2C[C@@H](O)CN2C(=O)[C@@H](NC(=O)C2(F)CC2)C(C)(C)C)c(OCCCCCS(=O)(=O)NC(=O)c2nc(N3CCc4cccc(C(=O)Nc5nc6ccccc6s5)c4C3)sc2CCCOc2ccc(C#CCN(C)C)cc2F)c1. The van der Waals surface area contributed by atoms with Crippen LogP contribution in [-0.2, 0) is 50.3 Å². The Morgan fingerprint density at radius 2 is 1.71 bits per heavy atom. The van der Waals surface area contributed by atoms with Crippen molar-refractivity contribution in [2.24, 2.45) is 5.41 Å². The number of ether oxygens (including phenoxy) is 2. The van der Waals surface area contributed by atoms with Gasteiger partial charge in [-0.1, -0.05) is 80.3 Å². The second-order valence-electron chi connectivity index (χ2n) is 24.6. The summed E-state index contributed by atoms with van der Waals surface area (Å²) in [5, 5.41) is 20.1. The van der Waals surface area contributed by atoms with E-state index in [1.54, 1.807) is 38.4 Å². The molecule has 3 atom stereocenters. The number of alkyl halides is 1. The van der Waals surface area contributed by atoms with Gasteiger partial charge in [0.05, 0.1) is 57.9 Å². The maximum absolute atomic E-state index is 15.2. The first-order valence-corrected chi connectivity index (χ1v) is 34.6. The van der Waals surface area contributed by atoms with Crippen LogP contribution in [0.25, 0.3) is 20.7 Å². The molecular weight excluding hydrogens is 1260 g/mol. The number of amides is 5. The summed E-state index contributed by atoms with van der Waals surface area (Å²) < 4.78 is 72.8. The van der Waals surface area contributed by atoms with Crippen molar-refractivity contribution in [1.29, 1.82) is 0 Å². The summed E-state index contributed by atoms with van der Waals surface area (Å²) in [6.07, 6.45) is 1.17. The molecule has 1 saturated carbocycles. The molecule has 0 radical (unpaired) electrons. The van der Waals surface area contributed by atoms with Gasteiger partial charge in [-0.3, -0.25) is 34.2 Å². The maximum atomic E-state index is 15.2. The lowest BCUT2D eigenvalue weighted by molar-refractivity contribution is -0.145. The molecule has 0 unspecified atom stereocenters. The largest absolute Gasteiger partial charge is 0.493 e. The molecule has 7 aromatic rings. The summed E-state index contributed by atoms with van der Waals surface area (Å²) in [7, 11) is -0.427. The number of hydrogen-bond acceptors (Lipinski definition) is 18. The first kappa shape index (κ1) is 67.0. The predicted molar refractivity (Wildman–Crippen MR) is 352 cm³/mol. The zero-order valence-electron chi connectivity index (χ0n) is 52.0. The highest BCUT2D eigenvalue weighted by Gasteiger charge is 2.53. The molecule has 3 aliphatic rings. The molecule has 20 nitrogen and oxygen atoms in total. The van der Waals surface area contributed by atoms with Crippen molar-refractivity contribution >= 4 is 94.0 Å². The van der Waals surface area contributed by atoms with E-state index < -0.39 is 68.7 Å². The number of β-amino-alcohol motifs (C(OH)–C–C–N with tert-alkyl or cyclic N) is 1. The molecule has 1 aliphatic carbocycles. The van der Waals surface area contributed by atoms with Gasteiger partial charge in [0.2, 0.25) is 21.8 Å². The topological polar surface area (TPSA) is 255 Å². The van der Waals surface area contributed by atoms with Crippen molar-refractivity contribution in [3.8, 4) is 33.8 Å². The number of thiazole rings is 3. The van der Waals surface area contributed by atoms with Gasteiger partial charge in [-0.2, -0.15) is 0 Å². The average molecular weight is 1330 g/mol. The molecule has 92 heavy (non-hydrogen) atoms. The third-order valence-corrected chi connectivity index (χ3v) is 20.4. The van der Waals surface area contributed by atoms with Crippen molar-refractivity contribution in [1.82, 2.24) is 40.1 Å². The number of halogens is 2. The quantitative estimate of drug-likeness (QED) is 0.0264. The molecule has 26 heteroatoms. The number of para-hydroxylation sites is 1. The second-order valence-corrected chi connectivity index (χ2v) is 29.4. The van der Waals surface area contributed by atoms with E-state index in [9.17, 15) is 41.9 Å². The van der Waals surface area contributed by atoms with E-state index in [0.717, 1.165) is 37.5 Å². The Hall–Kier alpha value is -7.93. The van der Waals surface area contributed by atoms with E-state index in [2.05, 4.69) is 42.5 Å². The smallest absolute Gasteiger partial charge is 0.284 e. The van der Waals surface area contributed by atoms with E-state index in [4.69, 9.17) is 14.5 Å². The molecule has 2 fully saturated rings. The summed E-state index contributed by atoms with van der Waals surface area (Å²) >= 11 is 4.06. The minimum Gasteiger partial charge on any atom is -0.493 e. The Balaban J connectivity index is 0.776. The molecule has 5 amide bonds. The number of likely N-dealkylation sites (tertiary alicyclic amines) is 1. The Morgan fingerprint density at radius 3 is 2.45 bits per heavy atom. The first-order valence-electron chi connectivity index (χ1n) is 30.5. The van der Waals surface area contributed by atoms with Crippen molar-refractivity contribution in [2.45, 2.75) is 122 Å². The number of rotatable bonds is 25. The third kappa shape index (κ3) is 16.6. The number of carbonyl (C=O) groups is 5. The zero-order chi connectivity index (χ0) is 65.5. The maximum Gasteiger partial charge on any atom is 0.284 e. The number of aromatic nitrogens is 3. The molecule has 2 aliphatic heterocycles. The van der Waals surface area contributed by atoms with Crippen molar-refractivity contribution in [3.63, 3.8) is 0 Å². The molecule has 0 spiro atoms. The number of benzene rings is 4. The van der Waals surface area contributed by atoms with Crippen LogP contribution in [0.3, 0.4) is 0 Å². The second kappa shape index (κ2) is 28.9. The lowest BCUT2D eigenvalue weighted by Crippen LogP contribution is -2.59. The number of hydrogen-bond donors (Lipinski definition) is 5. The van der Waals surface area contributed by atoms with Crippen LogP contribution >= 0.6 is 34.0 Å². The average Bonchev–Trinajstić information content (AvgIpc) is 1.52. The van der Waals surface area contributed by atoms with Gasteiger partial charge in [0, 0.05) is 54.2 Å². The lowest BCUT2D eigenvalue weighted by Gasteiger charge is -2.35. The van der Waals surface area contributed by atoms with Crippen molar-refractivity contribution in [2.75, 3.05) is 62.9 Å². The minimum absolute atomic E-state index is 0.0246. The van der Waals surface area contributed by atoms with Crippen LogP contribution in [0.5, 0.6) is 11.5 Å².